The Labute approximate surface area is 133 Å². The van der Waals surface area contributed by atoms with Gasteiger partial charge in [0.05, 0.1) is 10.9 Å². The first-order valence-corrected chi connectivity index (χ1v) is 7.69. The molecule has 0 saturated carbocycles. The summed E-state index contributed by atoms with van der Waals surface area (Å²) in [7, 11) is 1.46. The number of nitrogens with one attached hydrogen (secondary N) is 2. The Morgan fingerprint density at radius 1 is 1.32 bits per heavy atom. The van der Waals surface area contributed by atoms with E-state index in [0.29, 0.717) is 5.16 Å². The number of imidazole rings is 1. The quantitative estimate of drug-likeness (QED) is 0.847. The summed E-state index contributed by atoms with van der Waals surface area (Å²) in [5, 5.41) is 4.88. The van der Waals surface area contributed by atoms with Crippen LogP contribution in [0.1, 0.15) is 12.5 Å². The van der Waals surface area contributed by atoms with E-state index in [1.807, 2.05) is 42.0 Å². The molecule has 1 unspecified atom stereocenters. The molecule has 0 aliphatic heterocycles. The first kappa shape index (κ1) is 16.1. The largest absolute Gasteiger partial charge is 0.341 e. The van der Waals surface area contributed by atoms with Crippen molar-refractivity contribution < 1.29 is 9.59 Å². The lowest BCUT2D eigenvalue weighted by Crippen LogP contribution is -2.41. The normalized spacial score (nSPS) is 11.8. The maximum atomic E-state index is 11.9. The van der Waals surface area contributed by atoms with Crippen LogP contribution in [-0.4, -0.2) is 33.8 Å². The molecule has 1 aromatic heterocycles. The lowest BCUT2D eigenvalue weighted by molar-refractivity contribution is -0.119. The Bertz CT molecular complexity index is 684. The van der Waals surface area contributed by atoms with Crippen molar-refractivity contribution in [3.8, 4) is 5.69 Å². The van der Waals surface area contributed by atoms with Crippen molar-refractivity contribution in [2.45, 2.75) is 24.3 Å². The van der Waals surface area contributed by atoms with Crippen molar-refractivity contribution in [3.05, 3.63) is 42.2 Å². The number of hydrogen-bond acceptors (Lipinski definition) is 4. The highest BCUT2D eigenvalue weighted by atomic mass is 32.2. The second kappa shape index (κ2) is 7.13. The third kappa shape index (κ3) is 3.67. The van der Waals surface area contributed by atoms with Gasteiger partial charge in [-0.2, -0.15) is 0 Å². The van der Waals surface area contributed by atoms with Crippen LogP contribution in [0.25, 0.3) is 5.69 Å². The van der Waals surface area contributed by atoms with E-state index in [4.69, 9.17) is 0 Å². The van der Waals surface area contributed by atoms with Crippen LogP contribution in [0.2, 0.25) is 0 Å². The minimum atomic E-state index is -0.514. The van der Waals surface area contributed by atoms with Crippen LogP contribution in [-0.2, 0) is 4.79 Å². The summed E-state index contributed by atoms with van der Waals surface area (Å²) in [6.07, 6.45) is 3.55. The smallest absolute Gasteiger partial charge is 0.321 e. The van der Waals surface area contributed by atoms with E-state index >= 15 is 0 Å². The highest BCUT2D eigenvalue weighted by molar-refractivity contribution is 8.00. The number of nitrogens with zero attached hydrogens (tertiary/aromatic N) is 2. The average molecular weight is 318 g/mol. The van der Waals surface area contributed by atoms with Crippen molar-refractivity contribution in [1.29, 1.82) is 0 Å². The minimum Gasteiger partial charge on any atom is -0.341 e. The number of carbonyl (C=O) groups excluding carboxylic acids is 2. The van der Waals surface area contributed by atoms with Gasteiger partial charge in [-0.3, -0.25) is 14.7 Å². The molecule has 7 heteroatoms. The molecule has 0 aliphatic rings. The minimum absolute atomic E-state index is 0.358. The number of aryl methyl sites for hydroxylation is 1. The monoisotopic (exact) mass is 318 g/mol. The molecule has 1 aromatic carbocycles. The predicted octanol–water partition coefficient (Wildman–Crippen LogP) is 2.12. The second-order valence-electron chi connectivity index (χ2n) is 4.69. The fraction of sp³-hybridized carbons (Fsp3) is 0.267. The van der Waals surface area contributed by atoms with Gasteiger partial charge in [0.1, 0.15) is 0 Å². The van der Waals surface area contributed by atoms with Crippen LogP contribution in [0.4, 0.5) is 4.79 Å². The van der Waals surface area contributed by atoms with E-state index in [1.54, 1.807) is 13.1 Å². The fourth-order valence-electron chi connectivity index (χ4n) is 1.88. The van der Waals surface area contributed by atoms with Crippen molar-refractivity contribution in [3.63, 3.8) is 0 Å². The van der Waals surface area contributed by atoms with Crippen LogP contribution in [0.15, 0.2) is 41.8 Å². The Kier molecular flexibility index (Phi) is 5.21. The molecule has 0 saturated heterocycles. The SMILES string of the molecule is CNC(=O)NC(=O)C(C)Sc1nccn1-c1ccccc1C. The molecule has 2 aromatic rings. The molecular formula is C15H18N4O2S. The number of aromatic nitrogens is 2. The molecule has 0 radical (unpaired) electrons. The Balaban J connectivity index is 2.15. The van der Waals surface area contributed by atoms with Gasteiger partial charge >= 0.3 is 6.03 Å². The number of thioether (sulfide) groups is 1. The van der Waals surface area contributed by atoms with Gasteiger partial charge in [-0.15, -0.1) is 0 Å². The molecule has 6 nitrogen and oxygen atoms in total. The van der Waals surface area contributed by atoms with E-state index in [1.165, 1.54) is 18.8 Å². The van der Waals surface area contributed by atoms with Crippen LogP contribution < -0.4 is 10.6 Å². The van der Waals surface area contributed by atoms with Crippen molar-refractivity contribution in [2.75, 3.05) is 7.05 Å². The van der Waals surface area contributed by atoms with E-state index in [0.717, 1.165) is 11.3 Å². The molecule has 22 heavy (non-hydrogen) atoms. The maximum Gasteiger partial charge on any atom is 0.321 e. The lowest BCUT2D eigenvalue weighted by atomic mass is 10.2. The summed E-state index contributed by atoms with van der Waals surface area (Å²) in [4.78, 5) is 27.4. The number of imide groups is 1. The first-order valence-electron chi connectivity index (χ1n) is 6.81. The number of rotatable bonds is 4. The van der Waals surface area contributed by atoms with Crippen LogP contribution in [0.3, 0.4) is 0 Å². The third-order valence-electron chi connectivity index (χ3n) is 3.10. The van der Waals surface area contributed by atoms with Crippen molar-refractivity contribution >= 4 is 23.7 Å². The van der Waals surface area contributed by atoms with Gasteiger partial charge in [-0.1, -0.05) is 30.0 Å². The predicted molar refractivity (Wildman–Crippen MR) is 86.2 cm³/mol. The van der Waals surface area contributed by atoms with Gasteiger partial charge in [0, 0.05) is 19.4 Å². The zero-order valence-electron chi connectivity index (χ0n) is 12.7. The molecule has 0 fully saturated rings. The van der Waals surface area contributed by atoms with Crippen LogP contribution in [0.5, 0.6) is 0 Å². The zero-order chi connectivity index (χ0) is 16.1. The van der Waals surface area contributed by atoms with Gasteiger partial charge in [-0.25, -0.2) is 9.78 Å². The molecular weight excluding hydrogens is 300 g/mol. The number of para-hydroxylation sites is 1. The molecule has 2 rings (SSSR count). The molecule has 0 spiro atoms. The number of hydrogen-bond donors (Lipinski definition) is 2. The number of benzene rings is 1. The summed E-state index contributed by atoms with van der Waals surface area (Å²) < 4.78 is 1.93. The van der Waals surface area contributed by atoms with E-state index < -0.39 is 11.3 Å². The van der Waals surface area contributed by atoms with Crippen molar-refractivity contribution in [1.82, 2.24) is 20.2 Å². The molecule has 0 aliphatic carbocycles. The molecule has 0 bridgehead atoms. The summed E-state index contributed by atoms with van der Waals surface area (Å²) in [6, 6.07) is 7.43. The molecule has 1 atom stereocenters. The Morgan fingerprint density at radius 3 is 2.73 bits per heavy atom. The van der Waals surface area contributed by atoms with Gasteiger partial charge in [-0.05, 0) is 25.5 Å². The van der Waals surface area contributed by atoms with E-state index in [-0.39, 0.29) is 5.91 Å². The lowest BCUT2D eigenvalue weighted by Gasteiger charge is -2.13. The van der Waals surface area contributed by atoms with Crippen LogP contribution >= 0.6 is 11.8 Å². The second-order valence-corrected chi connectivity index (χ2v) is 6.00. The van der Waals surface area contributed by atoms with E-state index in [2.05, 4.69) is 15.6 Å². The molecule has 116 valence electrons. The zero-order valence-corrected chi connectivity index (χ0v) is 13.5. The summed E-state index contributed by atoms with van der Waals surface area (Å²) >= 11 is 1.30. The number of amides is 3. The molecule has 1 heterocycles. The highest BCUT2D eigenvalue weighted by Crippen LogP contribution is 2.25. The van der Waals surface area contributed by atoms with Gasteiger partial charge in [0.25, 0.3) is 0 Å². The van der Waals surface area contributed by atoms with Gasteiger partial charge < -0.3 is 5.32 Å². The summed E-state index contributed by atoms with van der Waals surface area (Å²) in [5.41, 5.74) is 2.13. The fourth-order valence-corrected chi connectivity index (χ4v) is 2.76. The highest BCUT2D eigenvalue weighted by Gasteiger charge is 2.19. The Hall–Kier alpha value is -2.28. The average Bonchev–Trinajstić information content (AvgIpc) is 2.95. The number of carbonyl (C=O) groups is 2. The Morgan fingerprint density at radius 2 is 2.05 bits per heavy atom. The number of urea groups is 1. The van der Waals surface area contributed by atoms with Gasteiger partial charge in [0.2, 0.25) is 5.91 Å². The standard InChI is InChI=1S/C15H18N4O2S/c1-10-6-4-5-7-12(10)19-9-8-17-15(19)22-11(2)13(20)18-14(21)16-3/h4-9,11H,1-3H3,(H2,16,18,20,21). The molecule has 3 amide bonds. The summed E-state index contributed by atoms with van der Waals surface area (Å²) in [6.45, 7) is 3.76. The molecule has 2 N–H and O–H groups in total. The van der Waals surface area contributed by atoms with Gasteiger partial charge in [0.15, 0.2) is 5.16 Å². The van der Waals surface area contributed by atoms with Crippen LogP contribution in [0, 0.1) is 6.92 Å². The van der Waals surface area contributed by atoms with E-state index in [9.17, 15) is 9.59 Å². The van der Waals surface area contributed by atoms with Crippen molar-refractivity contribution in [2.24, 2.45) is 0 Å². The topological polar surface area (TPSA) is 76.0 Å². The summed E-state index contributed by atoms with van der Waals surface area (Å²) in [5.74, 6) is -0.358. The first-order chi connectivity index (χ1) is 10.5. The third-order valence-corrected chi connectivity index (χ3v) is 4.18. The maximum absolute atomic E-state index is 11.9.